The molecule has 24 heavy (non-hydrogen) atoms. The molecule has 2 rings (SSSR count). The number of esters is 1. The predicted molar refractivity (Wildman–Crippen MR) is 97.6 cm³/mol. The summed E-state index contributed by atoms with van der Waals surface area (Å²) >= 11 is 13.5. The third-order valence-corrected chi connectivity index (χ3v) is 4.39. The first-order chi connectivity index (χ1) is 11.5. The molecule has 0 unspecified atom stereocenters. The van der Waals surface area contributed by atoms with Crippen LogP contribution in [0.3, 0.4) is 0 Å². The van der Waals surface area contributed by atoms with Crippen LogP contribution in [0.25, 0.3) is 0 Å². The van der Waals surface area contributed by atoms with Gasteiger partial charge in [-0.25, -0.2) is 4.79 Å². The van der Waals surface area contributed by atoms with Crippen molar-refractivity contribution < 1.29 is 19.4 Å². The summed E-state index contributed by atoms with van der Waals surface area (Å²) < 4.78 is 10.8. The Kier molecular flexibility index (Phi) is 6.80. The molecular weight excluding hydrogens is 371 g/mol. The van der Waals surface area contributed by atoms with Crippen LogP contribution in [-0.2, 0) is 12.4 Å². The van der Waals surface area contributed by atoms with Gasteiger partial charge >= 0.3 is 5.97 Å². The minimum Gasteiger partial charge on any atom is -0.493 e. The van der Waals surface area contributed by atoms with E-state index in [9.17, 15) is 9.90 Å². The van der Waals surface area contributed by atoms with Crippen molar-refractivity contribution in [1.82, 2.24) is 0 Å². The number of ether oxygens (including phenoxy) is 2. The molecule has 0 radical (unpaired) electrons. The molecule has 2 aromatic carbocycles. The van der Waals surface area contributed by atoms with Crippen LogP contribution in [0.5, 0.6) is 11.5 Å². The van der Waals surface area contributed by atoms with Gasteiger partial charge in [0.05, 0.1) is 24.3 Å². The van der Waals surface area contributed by atoms with Gasteiger partial charge in [0, 0.05) is 16.3 Å². The summed E-state index contributed by atoms with van der Waals surface area (Å²) in [6, 6.07) is 7.98. The Morgan fingerprint density at radius 2 is 2.00 bits per heavy atom. The third kappa shape index (κ3) is 4.36. The van der Waals surface area contributed by atoms with E-state index in [1.54, 1.807) is 30.0 Å². The van der Waals surface area contributed by atoms with Gasteiger partial charge in [0.25, 0.3) is 0 Å². The number of aliphatic hydroxyl groups is 1. The number of aliphatic hydroxyl groups excluding tert-OH is 1. The number of thioether (sulfide) groups is 1. The fraction of sp³-hybridized carbons (Fsp3) is 0.235. The van der Waals surface area contributed by atoms with Crippen LogP contribution in [0.1, 0.15) is 21.5 Å². The molecule has 1 N–H and O–H groups in total. The fourth-order valence-corrected chi connectivity index (χ4v) is 3.16. The molecule has 0 amide bonds. The normalized spacial score (nSPS) is 10.5. The maximum Gasteiger partial charge on any atom is 0.345 e. The summed E-state index contributed by atoms with van der Waals surface area (Å²) in [5.41, 5.74) is 1.65. The molecule has 0 saturated carbocycles. The van der Waals surface area contributed by atoms with Crippen molar-refractivity contribution >= 4 is 40.9 Å². The first-order valence-corrected chi connectivity index (χ1v) is 9.12. The molecule has 0 atom stereocenters. The molecule has 128 valence electrons. The Morgan fingerprint density at radius 1 is 1.25 bits per heavy atom. The summed E-state index contributed by atoms with van der Waals surface area (Å²) in [6.07, 6.45) is 1.93. The lowest BCUT2D eigenvalue weighted by Crippen LogP contribution is -2.11. The van der Waals surface area contributed by atoms with Crippen LogP contribution in [0.15, 0.2) is 30.3 Å². The first-order valence-electron chi connectivity index (χ1n) is 6.97. The van der Waals surface area contributed by atoms with Crippen LogP contribution in [0, 0.1) is 0 Å². The lowest BCUT2D eigenvalue weighted by atomic mass is 10.1. The molecule has 0 heterocycles. The average molecular weight is 387 g/mol. The largest absolute Gasteiger partial charge is 0.493 e. The van der Waals surface area contributed by atoms with E-state index < -0.39 is 5.97 Å². The number of hydrogen-bond donors (Lipinski definition) is 1. The van der Waals surface area contributed by atoms with Gasteiger partial charge in [0.15, 0.2) is 11.5 Å². The summed E-state index contributed by atoms with van der Waals surface area (Å²) in [5, 5.41) is 10.0. The minimum atomic E-state index is -0.603. The van der Waals surface area contributed by atoms with Crippen molar-refractivity contribution in [2.75, 3.05) is 13.4 Å². The third-order valence-electron chi connectivity index (χ3n) is 3.24. The number of methoxy groups -OCH3 is 1. The Morgan fingerprint density at radius 3 is 2.58 bits per heavy atom. The highest BCUT2D eigenvalue weighted by molar-refractivity contribution is 7.97. The van der Waals surface area contributed by atoms with Crippen molar-refractivity contribution in [3.63, 3.8) is 0 Å². The van der Waals surface area contributed by atoms with E-state index in [0.717, 1.165) is 5.56 Å². The SMILES string of the molecule is COc1cc(CO)cc(CSC)c1OC(=O)c1ccc(Cl)cc1Cl. The molecule has 0 aromatic heterocycles. The highest BCUT2D eigenvalue weighted by atomic mass is 35.5. The fourth-order valence-electron chi connectivity index (χ4n) is 2.15. The molecule has 0 aliphatic heterocycles. The van der Waals surface area contributed by atoms with Crippen LogP contribution in [0.4, 0.5) is 0 Å². The van der Waals surface area contributed by atoms with Crippen molar-refractivity contribution in [3.8, 4) is 11.5 Å². The van der Waals surface area contributed by atoms with E-state index in [-0.39, 0.29) is 17.2 Å². The molecule has 0 aliphatic carbocycles. The number of halogens is 2. The zero-order valence-electron chi connectivity index (χ0n) is 13.1. The monoisotopic (exact) mass is 386 g/mol. The molecule has 0 fully saturated rings. The van der Waals surface area contributed by atoms with Crippen LogP contribution < -0.4 is 9.47 Å². The molecular formula is C17H16Cl2O4S. The van der Waals surface area contributed by atoms with Crippen molar-refractivity contribution in [2.24, 2.45) is 0 Å². The summed E-state index contributed by atoms with van der Waals surface area (Å²) in [7, 11) is 1.48. The number of carbonyl (C=O) groups excluding carboxylic acids is 1. The van der Waals surface area contributed by atoms with Crippen LogP contribution in [0.2, 0.25) is 10.0 Å². The van der Waals surface area contributed by atoms with Gasteiger partial charge in [0.1, 0.15) is 0 Å². The lowest BCUT2D eigenvalue weighted by Gasteiger charge is -2.15. The smallest absolute Gasteiger partial charge is 0.345 e. The average Bonchev–Trinajstić information content (AvgIpc) is 2.56. The van der Waals surface area contributed by atoms with E-state index in [4.69, 9.17) is 32.7 Å². The van der Waals surface area contributed by atoms with Crippen molar-refractivity contribution in [2.45, 2.75) is 12.4 Å². The van der Waals surface area contributed by atoms with E-state index in [0.29, 0.717) is 27.8 Å². The Hall–Kier alpha value is -1.40. The van der Waals surface area contributed by atoms with E-state index in [2.05, 4.69) is 0 Å². The molecule has 0 bridgehead atoms. The maximum absolute atomic E-state index is 12.5. The summed E-state index contributed by atoms with van der Waals surface area (Å²) in [5.74, 6) is 0.694. The number of hydrogen-bond acceptors (Lipinski definition) is 5. The topological polar surface area (TPSA) is 55.8 Å². The van der Waals surface area contributed by atoms with Crippen molar-refractivity contribution in [1.29, 1.82) is 0 Å². The number of benzene rings is 2. The molecule has 0 spiro atoms. The lowest BCUT2D eigenvalue weighted by molar-refractivity contribution is 0.0728. The highest BCUT2D eigenvalue weighted by Crippen LogP contribution is 2.36. The van der Waals surface area contributed by atoms with Gasteiger partial charge in [-0.05, 0) is 42.2 Å². The number of carbonyl (C=O) groups is 1. The molecule has 0 aliphatic rings. The van der Waals surface area contributed by atoms with Gasteiger partial charge in [-0.2, -0.15) is 11.8 Å². The second kappa shape index (κ2) is 8.62. The van der Waals surface area contributed by atoms with E-state index in [1.807, 2.05) is 6.26 Å². The zero-order valence-corrected chi connectivity index (χ0v) is 15.5. The number of rotatable bonds is 6. The standard InChI is InChI=1S/C17H16Cl2O4S/c1-22-15-6-10(8-20)5-11(9-24-2)16(15)23-17(21)13-4-3-12(18)7-14(13)19/h3-7,20H,8-9H2,1-2H3. The highest BCUT2D eigenvalue weighted by Gasteiger charge is 2.19. The Labute approximate surface area is 154 Å². The first kappa shape index (κ1) is 18.9. The predicted octanol–water partition coefficient (Wildman–Crippen LogP) is 4.58. The van der Waals surface area contributed by atoms with Crippen LogP contribution >= 0.6 is 35.0 Å². The second-order valence-electron chi connectivity index (χ2n) is 4.89. The molecule has 2 aromatic rings. The van der Waals surface area contributed by atoms with Gasteiger partial charge in [0.2, 0.25) is 0 Å². The van der Waals surface area contributed by atoms with Crippen molar-refractivity contribution in [3.05, 3.63) is 57.1 Å². The molecule has 4 nitrogen and oxygen atoms in total. The zero-order chi connectivity index (χ0) is 17.7. The Bertz CT molecular complexity index is 750. The second-order valence-corrected chi connectivity index (χ2v) is 6.60. The summed E-state index contributed by atoms with van der Waals surface area (Å²) in [6.45, 7) is -0.130. The van der Waals surface area contributed by atoms with Gasteiger partial charge in [-0.15, -0.1) is 0 Å². The Balaban J connectivity index is 2.41. The van der Waals surface area contributed by atoms with Gasteiger partial charge in [-0.3, -0.25) is 0 Å². The van der Waals surface area contributed by atoms with Crippen LogP contribution in [-0.4, -0.2) is 24.4 Å². The minimum absolute atomic E-state index is 0.130. The molecule has 7 heteroatoms. The van der Waals surface area contributed by atoms with Gasteiger partial charge in [-0.1, -0.05) is 23.2 Å². The van der Waals surface area contributed by atoms with Gasteiger partial charge < -0.3 is 14.6 Å². The quantitative estimate of drug-likeness (QED) is 0.581. The maximum atomic E-state index is 12.5. The van der Waals surface area contributed by atoms with E-state index in [1.165, 1.54) is 19.2 Å². The van der Waals surface area contributed by atoms with E-state index >= 15 is 0 Å². The molecule has 0 saturated heterocycles. The summed E-state index contributed by atoms with van der Waals surface area (Å²) in [4.78, 5) is 12.5.